The largest absolute Gasteiger partial charge is 0.494 e. The zero-order valence-electron chi connectivity index (χ0n) is 11.0. The first-order valence-corrected chi connectivity index (χ1v) is 6.68. The van der Waals surface area contributed by atoms with E-state index in [4.69, 9.17) is 16.3 Å². The second-order valence-corrected chi connectivity index (χ2v) is 4.60. The number of para-hydroxylation sites is 1. The molecule has 112 valence electrons. The Morgan fingerprint density at radius 3 is 2.62 bits per heavy atom. The van der Waals surface area contributed by atoms with Crippen LogP contribution in [0.3, 0.4) is 0 Å². The minimum atomic E-state index is -2.83. The van der Waals surface area contributed by atoms with E-state index < -0.39 is 12.1 Å². The van der Waals surface area contributed by atoms with Gasteiger partial charge in [0, 0.05) is 13.0 Å². The molecule has 1 aromatic carbocycles. The standard InChI is InChI=1S/C14H13ClF2N2O2/c15-13-11(9-20)12(14(16)17)18-19(13)7-4-8-21-10-5-2-1-3-6-10/h1-3,5-6,9,14H,4,7-8H2. The Bertz CT molecular complexity index is 603. The number of benzene rings is 1. The molecule has 0 bridgehead atoms. The molecule has 0 unspecified atom stereocenters. The fourth-order valence-corrected chi connectivity index (χ4v) is 2.08. The minimum absolute atomic E-state index is 0.0694. The molecule has 0 aliphatic rings. The molecule has 0 saturated carbocycles. The number of aldehydes is 1. The Balaban J connectivity index is 1.93. The highest BCUT2D eigenvalue weighted by molar-refractivity contribution is 6.32. The van der Waals surface area contributed by atoms with E-state index in [9.17, 15) is 13.6 Å². The third-order valence-electron chi connectivity index (χ3n) is 2.80. The minimum Gasteiger partial charge on any atom is -0.494 e. The van der Waals surface area contributed by atoms with Gasteiger partial charge in [-0.05, 0) is 12.1 Å². The Kier molecular flexibility index (Phi) is 5.27. The van der Waals surface area contributed by atoms with Gasteiger partial charge in [0.15, 0.2) is 6.29 Å². The number of alkyl halides is 2. The smallest absolute Gasteiger partial charge is 0.282 e. The number of carbonyl (C=O) groups is 1. The predicted octanol–water partition coefficient (Wildman–Crippen LogP) is 3.76. The summed E-state index contributed by atoms with van der Waals surface area (Å²) in [7, 11) is 0. The number of hydrogen-bond acceptors (Lipinski definition) is 3. The maximum absolute atomic E-state index is 12.7. The molecule has 7 heteroatoms. The van der Waals surface area contributed by atoms with E-state index in [1.807, 2.05) is 30.3 Å². The summed E-state index contributed by atoms with van der Waals surface area (Å²) in [6, 6.07) is 9.22. The number of rotatable bonds is 7. The number of nitrogens with zero attached hydrogens (tertiary/aromatic N) is 2. The lowest BCUT2D eigenvalue weighted by Gasteiger charge is -2.06. The van der Waals surface area contributed by atoms with Crippen molar-refractivity contribution in [1.82, 2.24) is 9.78 Å². The molecule has 0 aliphatic carbocycles. The SMILES string of the molecule is O=Cc1c(C(F)F)nn(CCCOc2ccccc2)c1Cl. The molecule has 2 rings (SSSR count). The number of aryl methyl sites for hydroxylation is 1. The van der Waals surface area contributed by atoms with Crippen LogP contribution >= 0.6 is 11.6 Å². The van der Waals surface area contributed by atoms with Crippen LogP contribution in [0.5, 0.6) is 5.75 Å². The van der Waals surface area contributed by atoms with Crippen LogP contribution in [0.4, 0.5) is 8.78 Å². The van der Waals surface area contributed by atoms with E-state index in [2.05, 4.69) is 5.10 Å². The van der Waals surface area contributed by atoms with Crippen LogP contribution in [-0.4, -0.2) is 22.7 Å². The molecule has 0 atom stereocenters. The molecule has 4 nitrogen and oxygen atoms in total. The van der Waals surface area contributed by atoms with E-state index in [0.717, 1.165) is 5.75 Å². The quantitative estimate of drug-likeness (QED) is 0.577. The average molecular weight is 315 g/mol. The lowest BCUT2D eigenvalue weighted by molar-refractivity contribution is 0.110. The first-order chi connectivity index (χ1) is 10.1. The summed E-state index contributed by atoms with van der Waals surface area (Å²) in [5.74, 6) is 0.728. The highest BCUT2D eigenvalue weighted by Crippen LogP contribution is 2.26. The van der Waals surface area contributed by atoms with Gasteiger partial charge in [-0.3, -0.25) is 9.48 Å². The third-order valence-corrected chi connectivity index (χ3v) is 3.20. The van der Waals surface area contributed by atoms with Gasteiger partial charge in [-0.2, -0.15) is 5.10 Å². The van der Waals surface area contributed by atoms with Crippen LogP contribution in [0, 0.1) is 0 Å². The van der Waals surface area contributed by atoms with Gasteiger partial charge in [0.25, 0.3) is 6.43 Å². The van der Waals surface area contributed by atoms with Crippen molar-refractivity contribution in [1.29, 1.82) is 0 Å². The van der Waals surface area contributed by atoms with Crippen molar-refractivity contribution in [2.75, 3.05) is 6.61 Å². The Morgan fingerprint density at radius 1 is 1.33 bits per heavy atom. The van der Waals surface area contributed by atoms with Gasteiger partial charge in [-0.25, -0.2) is 8.78 Å². The van der Waals surface area contributed by atoms with Crippen LogP contribution in [0.25, 0.3) is 0 Å². The van der Waals surface area contributed by atoms with Gasteiger partial charge in [-0.1, -0.05) is 29.8 Å². The second-order valence-electron chi connectivity index (χ2n) is 4.25. The molecule has 0 saturated heterocycles. The topological polar surface area (TPSA) is 44.1 Å². The van der Waals surface area contributed by atoms with Gasteiger partial charge in [-0.15, -0.1) is 0 Å². The van der Waals surface area contributed by atoms with Gasteiger partial charge in [0.2, 0.25) is 0 Å². The van der Waals surface area contributed by atoms with Gasteiger partial charge in [0.05, 0.1) is 12.2 Å². The second kappa shape index (κ2) is 7.17. The van der Waals surface area contributed by atoms with Crippen LogP contribution in [-0.2, 0) is 6.54 Å². The molecule has 0 radical (unpaired) electrons. The molecule has 0 spiro atoms. The number of carbonyl (C=O) groups excluding carboxylic acids is 1. The van der Waals surface area contributed by atoms with Crippen molar-refractivity contribution in [3.05, 3.63) is 46.7 Å². The van der Waals surface area contributed by atoms with E-state index in [1.54, 1.807) is 0 Å². The van der Waals surface area contributed by atoms with Crippen molar-refractivity contribution < 1.29 is 18.3 Å². The first kappa shape index (κ1) is 15.4. The summed E-state index contributed by atoms with van der Waals surface area (Å²) >= 11 is 5.86. The summed E-state index contributed by atoms with van der Waals surface area (Å²) in [6.07, 6.45) is -2.00. The van der Waals surface area contributed by atoms with Gasteiger partial charge >= 0.3 is 0 Å². The fourth-order valence-electron chi connectivity index (χ4n) is 1.81. The maximum atomic E-state index is 12.7. The molecule has 0 amide bonds. The highest BCUT2D eigenvalue weighted by Gasteiger charge is 2.22. The molecule has 0 fully saturated rings. The molecular weight excluding hydrogens is 302 g/mol. The Hall–Kier alpha value is -1.95. The number of hydrogen-bond donors (Lipinski definition) is 0. The number of halogens is 3. The van der Waals surface area contributed by atoms with E-state index in [0.29, 0.717) is 25.9 Å². The number of ether oxygens (including phenoxy) is 1. The number of aromatic nitrogens is 2. The third kappa shape index (κ3) is 3.78. The van der Waals surface area contributed by atoms with Crippen molar-refractivity contribution >= 4 is 17.9 Å². The summed E-state index contributed by atoms with van der Waals surface area (Å²) in [6.45, 7) is 0.680. The zero-order valence-corrected chi connectivity index (χ0v) is 11.8. The fraction of sp³-hybridized carbons (Fsp3) is 0.286. The molecule has 0 N–H and O–H groups in total. The van der Waals surface area contributed by atoms with Crippen LogP contribution < -0.4 is 4.74 Å². The summed E-state index contributed by atoms with van der Waals surface area (Å²) in [4.78, 5) is 10.8. The molecule has 1 aromatic heterocycles. The summed E-state index contributed by atoms with van der Waals surface area (Å²) < 4.78 is 32.1. The monoisotopic (exact) mass is 314 g/mol. The lowest BCUT2D eigenvalue weighted by Crippen LogP contribution is -2.06. The van der Waals surface area contributed by atoms with Crippen molar-refractivity contribution in [3.8, 4) is 5.75 Å². The van der Waals surface area contributed by atoms with Crippen molar-refractivity contribution in [3.63, 3.8) is 0 Å². The van der Waals surface area contributed by atoms with Gasteiger partial charge < -0.3 is 4.74 Å². The molecule has 2 aromatic rings. The first-order valence-electron chi connectivity index (χ1n) is 6.31. The average Bonchev–Trinajstić information content (AvgIpc) is 2.81. The molecular formula is C14H13ClF2N2O2. The molecule has 0 aliphatic heterocycles. The molecule has 1 heterocycles. The summed E-state index contributed by atoms with van der Waals surface area (Å²) in [5.41, 5.74) is -0.838. The van der Waals surface area contributed by atoms with Gasteiger partial charge in [0.1, 0.15) is 16.6 Å². The van der Waals surface area contributed by atoms with Crippen LogP contribution in [0.15, 0.2) is 30.3 Å². The van der Waals surface area contributed by atoms with Crippen LogP contribution in [0.1, 0.15) is 28.9 Å². The van der Waals surface area contributed by atoms with Crippen molar-refractivity contribution in [2.45, 2.75) is 19.4 Å². The maximum Gasteiger partial charge on any atom is 0.282 e. The highest BCUT2D eigenvalue weighted by atomic mass is 35.5. The van der Waals surface area contributed by atoms with Crippen LogP contribution in [0.2, 0.25) is 5.15 Å². The van der Waals surface area contributed by atoms with E-state index >= 15 is 0 Å². The summed E-state index contributed by atoms with van der Waals surface area (Å²) in [5, 5.41) is 3.60. The lowest BCUT2D eigenvalue weighted by atomic mass is 10.3. The van der Waals surface area contributed by atoms with E-state index in [-0.39, 0.29) is 10.7 Å². The Morgan fingerprint density at radius 2 is 2.05 bits per heavy atom. The Labute approximate surface area is 125 Å². The predicted molar refractivity (Wildman–Crippen MR) is 74.1 cm³/mol. The zero-order chi connectivity index (χ0) is 15.2. The normalized spacial score (nSPS) is 10.9. The van der Waals surface area contributed by atoms with Crippen molar-refractivity contribution in [2.24, 2.45) is 0 Å². The molecule has 21 heavy (non-hydrogen) atoms. The van der Waals surface area contributed by atoms with E-state index in [1.165, 1.54) is 4.68 Å².